The van der Waals surface area contributed by atoms with Crippen LogP contribution in [0.1, 0.15) is 13.8 Å². The predicted molar refractivity (Wildman–Crippen MR) is 36.8 cm³/mol. The molecule has 0 aliphatic carbocycles. The van der Waals surface area contributed by atoms with Crippen LogP contribution >= 0.6 is 15.9 Å². The lowest BCUT2D eigenvalue weighted by atomic mass is 10.2. The van der Waals surface area contributed by atoms with E-state index in [1.54, 1.807) is 6.92 Å². The van der Waals surface area contributed by atoms with Crippen LogP contribution in [0.5, 0.6) is 0 Å². The average Bonchev–Trinajstić information content (AvgIpc) is 1.64. The Kier molecular flexibility index (Phi) is 2.90. The van der Waals surface area contributed by atoms with Crippen LogP contribution in [0.4, 0.5) is 0 Å². The topological polar surface area (TPSA) is 40.9 Å². The third-order valence-corrected chi connectivity index (χ3v) is 2.07. The summed E-state index contributed by atoms with van der Waals surface area (Å²) in [5, 5.41) is 6.96. The first-order valence-electron chi connectivity index (χ1n) is 2.25. The molecule has 0 aliphatic rings. The lowest BCUT2D eigenvalue weighted by Crippen LogP contribution is -2.17. The molecule has 0 heterocycles. The van der Waals surface area contributed by atoms with Gasteiger partial charge in [0.15, 0.2) is 0 Å². The lowest BCUT2D eigenvalue weighted by molar-refractivity contribution is -0.115. The molecule has 0 aliphatic heterocycles. The van der Waals surface area contributed by atoms with Crippen LogP contribution in [-0.2, 0) is 4.79 Å². The van der Waals surface area contributed by atoms with Crippen LogP contribution in [0, 0.1) is 5.41 Å². The zero-order valence-electron chi connectivity index (χ0n) is 4.86. The molecule has 0 radical (unpaired) electrons. The number of nitrogens with one attached hydrogen (secondary N) is 1. The largest absolute Gasteiger partial charge is 0.308 e. The molecule has 0 bridgehead atoms. The Morgan fingerprint density at radius 2 is 2.00 bits per heavy atom. The monoisotopic (exact) mass is 177 g/mol. The minimum absolute atomic E-state index is 0.0162. The molecule has 2 nitrogen and oxygen atoms in total. The summed E-state index contributed by atoms with van der Waals surface area (Å²) in [6.07, 6.45) is 0. The molecule has 0 aromatic heterocycles. The molecule has 0 aromatic carbocycles. The summed E-state index contributed by atoms with van der Waals surface area (Å²) in [6, 6.07) is 0. The first-order chi connectivity index (χ1) is 3.55. The van der Waals surface area contributed by atoms with E-state index in [1.807, 2.05) is 0 Å². The first-order valence-corrected chi connectivity index (χ1v) is 3.17. The molecule has 0 amide bonds. The van der Waals surface area contributed by atoms with Gasteiger partial charge < -0.3 is 5.41 Å². The van der Waals surface area contributed by atoms with Crippen LogP contribution in [0.25, 0.3) is 0 Å². The van der Waals surface area contributed by atoms with Crippen molar-refractivity contribution in [1.29, 1.82) is 5.41 Å². The fourth-order valence-corrected chi connectivity index (χ4v) is 0.305. The molecule has 1 N–H and O–H groups in total. The van der Waals surface area contributed by atoms with Gasteiger partial charge in [0.05, 0.1) is 0 Å². The molecule has 8 heavy (non-hydrogen) atoms. The number of alkyl halides is 1. The van der Waals surface area contributed by atoms with E-state index in [-0.39, 0.29) is 10.6 Å². The zero-order valence-corrected chi connectivity index (χ0v) is 6.45. The summed E-state index contributed by atoms with van der Waals surface area (Å²) in [6.45, 7) is 3.05. The quantitative estimate of drug-likeness (QED) is 0.503. The van der Waals surface area contributed by atoms with Crippen molar-refractivity contribution >= 4 is 27.4 Å². The van der Waals surface area contributed by atoms with E-state index in [2.05, 4.69) is 15.9 Å². The number of hydrogen-bond acceptors (Lipinski definition) is 2. The molecule has 1 unspecified atom stereocenters. The molecule has 0 saturated carbocycles. The molecule has 0 saturated heterocycles. The van der Waals surface area contributed by atoms with Crippen LogP contribution < -0.4 is 0 Å². The van der Waals surface area contributed by atoms with Gasteiger partial charge in [0.1, 0.15) is 10.6 Å². The van der Waals surface area contributed by atoms with Gasteiger partial charge in [-0.2, -0.15) is 0 Å². The standard InChI is InChI=1S/C5H8BrNO/c1-3(7)5(6)4(2)8/h5,7H,1-2H3. The lowest BCUT2D eigenvalue weighted by Gasteiger charge is -1.99. The van der Waals surface area contributed by atoms with Gasteiger partial charge in [0, 0.05) is 5.71 Å². The average molecular weight is 178 g/mol. The number of hydrogen-bond donors (Lipinski definition) is 1. The van der Waals surface area contributed by atoms with Crippen LogP contribution in [0.3, 0.4) is 0 Å². The Labute approximate surface area is 56.9 Å². The smallest absolute Gasteiger partial charge is 0.149 e. The third kappa shape index (κ3) is 2.21. The van der Waals surface area contributed by atoms with E-state index in [9.17, 15) is 4.79 Å². The molecule has 0 aromatic rings. The van der Waals surface area contributed by atoms with Crippen molar-refractivity contribution in [3.63, 3.8) is 0 Å². The summed E-state index contributed by atoms with van der Waals surface area (Å²) in [5.74, 6) is -0.0162. The van der Waals surface area contributed by atoms with Crippen molar-refractivity contribution in [2.45, 2.75) is 18.7 Å². The second-order valence-electron chi connectivity index (χ2n) is 1.66. The van der Waals surface area contributed by atoms with Gasteiger partial charge in [-0.1, -0.05) is 15.9 Å². The predicted octanol–water partition coefficient (Wildman–Crippen LogP) is 1.38. The Balaban J connectivity index is 3.83. The summed E-state index contributed by atoms with van der Waals surface area (Å²) >= 11 is 3.03. The van der Waals surface area contributed by atoms with Crippen molar-refractivity contribution < 1.29 is 4.79 Å². The SMILES string of the molecule is CC(=N)C(Br)C(C)=O. The highest BCUT2D eigenvalue weighted by Crippen LogP contribution is 2.00. The van der Waals surface area contributed by atoms with E-state index >= 15 is 0 Å². The Morgan fingerprint density at radius 1 is 1.62 bits per heavy atom. The molecule has 1 atom stereocenters. The molecular formula is C5H8BrNO. The third-order valence-electron chi connectivity index (χ3n) is 0.737. The van der Waals surface area contributed by atoms with Crippen LogP contribution in [0.2, 0.25) is 0 Å². The molecule has 0 spiro atoms. The maximum atomic E-state index is 10.4. The maximum absolute atomic E-state index is 10.4. The Morgan fingerprint density at radius 3 is 2.00 bits per heavy atom. The van der Waals surface area contributed by atoms with Gasteiger partial charge in [0.2, 0.25) is 0 Å². The number of ketones is 1. The number of carbonyl (C=O) groups excluding carboxylic acids is 1. The van der Waals surface area contributed by atoms with Crippen molar-refractivity contribution in [3.05, 3.63) is 0 Å². The summed E-state index contributed by atoms with van der Waals surface area (Å²) in [7, 11) is 0. The fraction of sp³-hybridized carbons (Fsp3) is 0.600. The van der Waals surface area contributed by atoms with Gasteiger partial charge in [-0.15, -0.1) is 0 Å². The van der Waals surface area contributed by atoms with E-state index in [0.717, 1.165) is 0 Å². The van der Waals surface area contributed by atoms with Crippen molar-refractivity contribution in [2.75, 3.05) is 0 Å². The highest BCUT2D eigenvalue weighted by Gasteiger charge is 2.09. The molecule has 0 fully saturated rings. The fourth-order valence-electron chi connectivity index (χ4n) is 0.305. The van der Waals surface area contributed by atoms with Gasteiger partial charge in [0.25, 0.3) is 0 Å². The van der Waals surface area contributed by atoms with Crippen molar-refractivity contribution in [1.82, 2.24) is 0 Å². The number of rotatable bonds is 2. The summed E-state index contributed by atoms with van der Waals surface area (Å²) < 4.78 is 0. The van der Waals surface area contributed by atoms with E-state index in [0.29, 0.717) is 5.71 Å². The zero-order chi connectivity index (χ0) is 6.73. The van der Waals surface area contributed by atoms with Gasteiger partial charge in [-0.05, 0) is 13.8 Å². The van der Waals surface area contributed by atoms with E-state index in [1.165, 1.54) is 6.92 Å². The van der Waals surface area contributed by atoms with E-state index < -0.39 is 0 Å². The normalized spacial score (nSPS) is 12.9. The van der Waals surface area contributed by atoms with Gasteiger partial charge in [-0.3, -0.25) is 4.79 Å². The van der Waals surface area contributed by atoms with Crippen LogP contribution in [0.15, 0.2) is 0 Å². The summed E-state index contributed by atoms with van der Waals surface area (Å²) in [5.41, 5.74) is 0.359. The summed E-state index contributed by atoms with van der Waals surface area (Å²) in [4.78, 5) is 10.0. The van der Waals surface area contributed by atoms with Gasteiger partial charge in [-0.25, -0.2) is 0 Å². The first kappa shape index (κ1) is 7.82. The molecular weight excluding hydrogens is 170 g/mol. The minimum atomic E-state index is -0.373. The minimum Gasteiger partial charge on any atom is -0.308 e. The highest BCUT2D eigenvalue weighted by atomic mass is 79.9. The van der Waals surface area contributed by atoms with E-state index in [4.69, 9.17) is 5.41 Å². The molecule has 0 rings (SSSR count). The second-order valence-corrected chi connectivity index (χ2v) is 2.57. The Bertz CT molecular complexity index is 108. The Hall–Kier alpha value is -0.180. The van der Waals surface area contributed by atoms with Gasteiger partial charge >= 0.3 is 0 Å². The number of carbonyl (C=O) groups is 1. The van der Waals surface area contributed by atoms with Crippen LogP contribution in [-0.4, -0.2) is 16.3 Å². The second kappa shape index (κ2) is 2.97. The number of halogens is 1. The molecule has 46 valence electrons. The molecule has 3 heteroatoms. The number of Topliss-reactive ketones (excluding diaryl/α,β-unsaturated/α-hetero) is 1. The van der Waals surface area contributed by atoms with Crippen molar-refractivity contribution in [3.8, 4) is 0 Å². The van der Waals surface area contributed by atoms with Crippen molar-refractivity contribution in [2.24, 2.45) is 0 Å². The maximum Gasteiger partial charge on any atom is 0.149 e. The highest BCUT2D eigenvalue weighted by molar-refractivity contribution is 9.10.